The van der Waals surface area contributed by atoms with Crippen molar-refractivity contribution in [1.82, 2.24) is 9.47 Å². The average molecular weight is 523 g/mol. The van der Waals surface area contributed by atoms with Crippen LogP contribution in [-0.2, 0) is 15.6 Å². The van der Waals surface area contributed by atoms with Crippen molar-refractivity contribution in [2.24, 2.45) is 10.7 Å². The van der Waals surface area contributed by atoms with Gasteiger partial charge in [0.1, 0.15) is 12.1 Å². The highest BCUT2D eigenvalue weighted by Crippen LogP contribution is 2.36. The van der Waals surface area contributed by atoms with Crippen molar-refractivity contribution < 1.29 is 19.1 Å². The Bertz CT molecular complexity index is 1510. The smallest absolute Gasteiger partial charge is 0.345 e. The minimum Gasteiger partial charge on any atom is -0.387 e. The number of carbonyl (C=O) groups is 1. The zero-order chi connectivity index (χ0) is 26.7. The summed E-state index contributed by atoms with van der Waals surface area (Å²) in [6.45, 7) is 5.49. The van der Waals surface area contributed by atoms with E-state index in [1.54, 1.807) is 18.2 Å². The quantitative estimate of drug-likeness (QED) is 0.379. The molecule has 0 unspecified atom stereocenters. The van der Waals surface area contributed by atoms with E-state index in [0.717, 1.165) is 34.1 Å². The van der Waals surface area contributed by atoms with Gasteiger partial charge in [-0.25, -0.2) is 4.99 Å². The molecule has 194 valence electrons. The fourth-order valence-corrected chi connectivity index (χ4v) is 5.16. The van der Waals surface area contributed by atoms with Crippen molar-refractivity contribution >= 4 is 41.9 Å². The number of aromatic nitrogens is 1. The van der Waals surface area contributed by atoms with Gasteiger partial charge in [-0.1, -0.05) is 32.0 Å². The maximum atomic E-state index is 13.2. The molecule has 4 rings (SSSR count). The molecular weight excluding hydrogens is 491 g/mol. The van der Waals surface area contributed by atoms with Crippen LogP contribution in [0.1, 0.15) is 38.7 Å². The number of hydrogen-bond donors (Lipinski definition) is 3. The first kappa shape index (κ1) is 26.5. The highest BCUT2D eigenvalue weighted by atomic mass is 31.2. The Hall–Kier alpha value is -3.52. The molecule has 1 aromatic heterocycles. The number of nitrogens with two attached hydrogens (primary N) is 1. The fraction of sp³-hybridized carbons (Fsp3) is 0.296. The van der Waals surface area contributed by atoms with Crippen molar-refractivity contribution in [1.29, 1.82) is 0 Å². The molecule has 1 aliphatic rings. The molecule has 4 N–H and O–H groups in total. The van der Waals surface area contributed by atoms with Gasteiger partial charge >= 0.3 is 7.60 Å². The number of rotatable bonds is 8. The lowest BCUT2D eigenvalue weighted by Gasteiger charge is -2.22. The zero-order valence-electron chi connectivity index (χ0n) is 20.9. The van der Waals surface area contributed by atoms with E-state index in [-0.39, 0.29) is 12.3 Å². The molecule has 0 atom stereocenters. The Morgan fingerprint density at radius 2 is 1.76 bits per heavy atom. The van der Waals surface area contributed by atoms with E-state index < -0.39 is 19.4 Å². The molecule has 1 aliphatic heterocycles. The molecule has 0 radical (unpaired) electrons. The lowest BCUT2D eigenvalue weighted by Crippen LogP contribution is -2.34. The van der Waals surface area contributed by atoms with E-state index in [4.69, 9.17) is 5.73 Å². The summed E-state index contributed by atoms with van der Waals surface area (Å²) in [5, 5.41) is 1.02. The normalized spacial score (nSPS) is 13.5. The highest BCUT2D eigenvalue weighted by molar-refractivity contribution is 7.50. The molecule has 9 nitrogen and oxygen atoms in total. The summed E-state index contributed by atoms with van der Waals surface area (Å²) in [7, 11) is -4.38. The van der Waals surface area contributed by atoms with Gasteiger partial charge in [-0.2, -0.15) is 0 Å². The molecule has 10 heteroatoms. The number of amides is 1. The monoisotopic (exact) mass is 522 g/mol. The van der Waals surface area contributed by atoms with Crippen LogP contribution in [0.25, 0.3) is 28.0 Å². The van der Waals surface area contributed by atoms with Crippen LogP contribution in [-0.4, -0.2) is 44.1 Å². The largest absolute Gasteiger partial charge is 0.387 e. The predicted molar refractivity (Wildman–Crippen MR) is 147 cm³/mol. The zero-order valence-corrected chi connectivity index (χ0v) is 21.8. The standard InChI is InChI=1S/C27H31N4O5P/c1-3-10-30(11-4-2)26(32)22-14-21-6-5-19(15-24(21)29-25(28)16-22)18-7-8-23-20(13-18)9-12-31(27(23)33)17-37(34,35)36/h5-9,12-15H,3-4,10-11,16-17H2,1-2H3,(H2,28,29)(H2,34,35,36). The number of fused-ring (bicyclic) bond motifs is 2. The Kier molecular flexibility index (Phi) is 7.78. The van der Waals surface area contributed by atoms with Gasteiger partial charge in [0.25, 0.3) is 5.56 Å². The first-order valence-electron chi connectivity index (χ1n) is 12.2. The molecule has 2 aromatic carbocycles. The Labute approximate surface area is 215 Å². The summed E-state index contributed by atoms with van der Waals surface area (Å²) in [6, 6.07) is 12.7. The van der Waals surface area contributed by atoms with E-state index in [1.807, 2.05) is 35.2 Å². The second-order valence-electron chi connectivity index (χ2n) is 9.21. The van der Waals surface area contributed by atoms with Crippen LogP contribution in [0.2, 0.25) is 0 Å². The SMILES string of the molecule is CCCN(CCC)C(=O)C1=Cc2ccc(-c3ccc4c(=O)n(CP(=O)(O)O)ccc4c3)cc2N=C(N)C1. The summed E-state index contributed by atoms with van der Waals surface area (Å²) in [4.78, 5) is 50.8. The van der Waals surface area contributed by atoms with Crippen molar-refractivity contribution in [2.75, 3.05) is 13.1 Å². The van der Waals surface area contributed by atoms with E-state index >= 15 is 0 Å². The molecule has 0 saturated heterocycles. The Balaban J connectivity index is 1.69. The lowest BCUT2D eigenvalue weighted by molar-refractivity contribution is -0.127. The van der Waals surface area contributed by atoms with E-state index in [0.29, 0.717) is 41.0 Å². The van der Waals surface area contributed by atoms with Crippen LogP contribution < -0.4 is 11.3 Å². The van der Waals surface area contributed by atoms with E-state index in [9.17, 15) is 23.9 Å². The number of amidine groups is 1. The highest BCUT2D eigenvalue weighted by Gasteiger charge is 2.21. The molecule has 2 heterocycles. The number of nitrogens with zero attached hydrogens (tertiary/aromatic N) is 3. The first-order chi connectivity index (χ1) is 17.6. The molecule has 0 aliphatic carbocycles. The van der Waals surface area contributed by atoms with Gasteiger partial charge in [-0.15, -0.1) is 0 Å². The molecule has 0 bridgehead atoms. The van der Waals surface area contributed by atoms with E-state index in [1.165, 1.54) is 6.20 Å². The lowest BCUT2D eigenvalue weighted by atomic mass is 9.99. The summed E-state index contributed by atoms with van der Waals surface area (Å²) < 4.78 is 12.4. The van der Waals surface area contributed by atoms with Crippen LogP contribution in [0.15, 0.2) is 64.0 Å². The van der Waals surface area contributed by atoms with Crippen LogP contribution in [0.4, 0.5) is 5.69 Å². The third-order valence-corrected chi connectivity index (χ3v) is 6.86. The van der Waals surface area contributed by atoms with Crippen molar-refractivity contribution in [2.45, 2.75) is 39.4 Å². The second-order valence-corrected chi connectivity index (χ2v) is 10.8. The molecule has 0 fully saturated rings. The first-order valence-corrected chi connectivity index (χ1v) is 14.0. The minimum atomic E-state index is -4.38. The second kappa shape index (κ2) is 10.8. The number of hydrogen-bond acceptors (Lipinski definition) is 5. The molecule has 1 amide bonds. The molecule has 0 saturated carbocycles. The Morgan fingerprint density at radius 3 is 2.43 bits per heavy atom. The maximum absolute atomic E-state index is 13.2. The van der Waals surface area contributed by atoms with Crippen LogP contribution in [0.3, 0.4) is 0 Å². The summed E-state index contributed by atoms with van der Waals surface area (Å²) in [6.07, 6.45) is 4.63. The Morgan fingerprint density at radius 1 is 1.08 bits per heavy atom. The summed E-state index contributed by atoms with van der Waals surface area (Å²) in [5.74, 6) is 0.352. The molecule has 3 aromatic rings. The van der Waals surface area contributed by atoms with Gasteiger partial charge < -0.3 is 25.0 Å². The molecule has 0 spiro atoms. The van der Waals surface area contributed by atoms with Gasteiger partial charge in [0.15, 0.2) is 0 Å². The van der Waals surface area contributed by atoms with Crippen molar-refractivity contribution in [3.05, 3.63) is 70.2 Å². The van der Waals surface area contributed by atoms with Crippen molar-refractivity contribution in [3.63, 3.8) is 0 Å². The van der Waals surface area contributed by atoms with Crippen LogP contribution in [0, 0.1) is 0 Å². The van der Waals surface area contributed by atoms with Gasteiger partial charge in [-0.3, -0.25) is 14.2 Å². The predicted octanol–water partition coefficient (Wildman–Crippen LogP) is 4.23. The van der Waals surface area contributed by atoms with Gasteiger partial charge in [0.05, 0.1) is 5.69 Å². The number of benzene rings is 2. The van der Waals surface area contributed by atoms with Gasteiger partial charge in [0.2, 0.25) is 5.91 Å². The van der Waals surface area contributed by atoms with Gasteiger partial charge in [-0.05, 0) is 59.7 Å². The number of aliphatic imine (C=N–C) groups is 1. The van der Waals surface area contributed by atoms with E-state index in [2.05, 4.69) is 18.8 Å². The topological polar surface area (TPSA) is 138 Å². The van der Waals surface area contributed by atoms with Crippen LogP contribution in [0.5, 0.6) is 0 Å². The molecule has 37 heavy (non-hydrogen) atoms. The summed E-state index contributed by atoms with van der Waals surface area (Å²) >= 11 is 0. The average Bonchev–Trinajstić information content (AvgIpc) is 3.01. The number of carbonyl (C=O) groups excluding carboxylic acids is 1. The third-order valence-electron chi connectivity index (χ3n) is 6.19. The third kappa shape index (κ3) is 6.07. The summed E-state index contributed by atoms with van der Waals surface area (Å²) in [5.41, 5.74) is 9.53. The fourth-order valence-electron chi connectivity index (χ4n) is 4.54. The number of pyridine rings is 1. The maximum Gasteiger partial charge on any atom is 0.345 e. The van der Waals surface area contributed by atoms with Gasteiger partial charge in [0, 0.05) is 42.2 Å². The van der Waals surface area contributed by atoms with Crippen molar-refractivity contribution in [3.8, 4) is 11.1 Å². The van der Waals surface area contributed by atoms with Crippen LogP contribution >= 0.6 is 7.60 Å². The molecular formula is C27H31N4O5P. The minimum absolute atomic E-state index is 0.0160.